The Hall–Kier alpha value is -2.01. The van der Waals surface area contributed by atoms with Crippen LogP contribution in [0.15, 0.2) is 42.9 Å². The molecule has 21 heavy (non-hydrogen) atoms. The second kappa shape index (κ2) is 6.63. The molecule has 2 atom stereocenters. The average molecular weight is 283 g/mol. The van der Waals surface area contributed by atoms with Gasteiger partial charge in [-0.2, -0.15) is 5.10 Å². The van der Waals surface area contributed by atoms with Crippen molar-refractivity contribution in [1.82, 2.24) is 20.5 Å². The molecule has 1 aliphatic heterocycles. The molecule has 0 amide bonds. The van der Waals surface area contributed by atoms with Crippen molar-refractivity contribution in [2.24, 2.45) is 0 Å². The minimum absolute atomic E-state index is 0.311. The Kier molecular flexibility index (Phi) is 4.40. The monoisotopic (exact) mass is 283 g/mol. The van der Waals surface area contributed by atoms with Gasteiger partial charge in [0.15, 0.2) is 5.82 Å². The number of pyridine rings is 1. The molecule has 0 aromatic carbocycles. The number of nitrogens with one attached hydrogen (secondary N) is 1. The van der Waals surface area contributed by atoms with Crippen LogP contribution in [0.4, 0.5) is 5.82 Å². The van der Waals surface area contributed by atoms with E-state index in [9.17, 15) is 0 Å². The summed E-state index contributed by atoms with van der Waals surface area (Å²) in [6, 6.07) is 8.85. The van der Waals surface area contributed by atoms with Crippen LogP contribution in [0.5, 0.6) is 0 Å². The molecule has 3 rings (SSSR count). The van der Waals surface area contributed by atoms with E-state index in [2.05, 4.69) is 38.4 Å². The summed E-state index contributed by atoms with van der Waals surface area (Å²) in [6.45, 7) is 4.22. The molecule has 3 heterocycles. The van der Waals surface area contributed by atoms with Crippen molar-refractivity contribution in [3.8, 4) is 0 Å². The minimum atomic E-state index is 0.311. The van der Waals surface area contributed by atoms with Gasteiger partial charge >= 0.3 is 0 Å². The van der Waals surface area contributed by atoms with Crippen LogP contribution in [0.1, 0.15) is 31.4 Å². The number of aromatic nitrogens is 3. The fraction of sp³-hybridized carbons (Fsp3) is 0.438. The van der Waals surface area contributed by atoms with Crippen molar-refractivity contribution in [3.63, 3.8) is 0 Å². The number of nitrogens with zero attached hydrogens (tertiary/aromatic N) is 4. The molecule has 1 N–H and O–H groups in total. The Balaban J connectivity index is 1.61. The molecule has 5 nitrogen and oxygen atoms in total. The van der Waals surface area contributed by atoms with Crippen LogP contribution in [0.3, 0.4) is 0 Å². The summed E-state index contributed by atoms with van der Waals surface area (Å²) in [7, 11) is 0. The maximum absolute atomic E-state index is 4.21. The van der Waals surface area contributed by atoms with Crippen LogP contribution in [-0.4, -0.2) is 34.3 Å². The zero-order chi connectivity index (χ0) is 14.5. The number of hydrogen-bond acceptors (Lipinski definition) is 5. The summed E-state index contributed by atoms with van der Waals surface area (Å²) in [5, 5.41) is 11.9. The summed E-state index contributed by atoms with van der Waals surface area (Å²) in [6.07, 6.45) is 7.83. The zero-order valence-corrected chi connectivity index (χ0v) is 12.3. The highest BCUT2D eigenvalue weighted by molar-refractivity contribution is 5.37. The molecule has 1 saturated heterocycles. The van der Waals surface area contributed by atoms with Crippen molar-refractivity contribution in [2.75, 3.05) is 18.0 Å². The molecule has 0 bridgehead atoms. The van der Waals surface area contributed by atoms with E-state index in [1.165, 1.54) is 18.4 Å². The normalized spacial score (nSPS) is 20.2. The standard InChI is InChI=1S/C16H21N5/c1-13(14-5-2-8-17-11-14)19-15-6-4-10-21(12-15)16-7-3-9-18-20-16/h2-3,5,7-9,11,13,15,19H,4,6,10,12H2,1H3. The van der Waals surface area contributed by atoms with Crippen molar-refractivity contribution in [3.05, 3.63) is 48.4 Å². The van der Waals surface area contributed by atoms with Gasteiger partial charge in [0, 0.05) is 43.8 Å². The molecule has 0 radical (unpaired) electrons. The lowest BCUT2D eigenvalue weighted by molar-refractivity contribution is 0.386. The maximum Gasteiger partial charge on any atom is 0.151 e. The van der Waals surface area contributed by atoms with Crippen molar-refractivity contribution in [2.45, 2.75) is 31.8 Å². The van der Waals surface area contributed by atoms with E-state index >= 15 is 0 Å². The largest absolute Gasteiger partial charge is 0.354 e. The Labute approximate surface area is 125 Å². The van der Waals surface area contributed by atoms with Gasteiger partial charge in [0.05, 0.1) is 0 Å². The SMILES string of the molecule is CC(NC1CCCN(c2cccnn2)C1)c1cccnc1. The van der Waals surface area contributed by atoms with Crippen molar-refractivity contribution >= 4 is 5.82 Å². The lowest BCUT2D eigenvalue weighted by atomic mass is 10.0. The molecule has 5 heteroatoms. The van der Waals surface area contributed by atoms with E-state index in [4.69, 9.17) is 0 Å². The number of rotatable bonds is 4. The first-order chi connectivity index (χ1) is 10.3. The van der Waals surface area contributed by atoms with E-state index < -0.39 is 0 Å². The van der Waals surface area contributed by atoms with Gasteiger partial charge in [-0.05, 0) is 43.5 Å². The average Bonchev–Trinajstić information content (AvgIpc) is 2.57. The molecule has 1 fully saturated rings. The van der Waals surface area contributed by atoms with Gasteiger partial charge in [0.2, 0.25) is 0 Å². The Morgan fingerprint density at radius 3 is 2.95 bits per heavy atom. The van der Waals surface area contributed by atoms with Crippen LogP contribution >= 0.6 is 0 Å². The fourth-order valence-corrected chi connectivity index (χ4v) is 2.87. The highest BCUT2D eigenvalue weighted by Gasteiger charge is 2.22. The first kappa shape index (κ1) is 13.9. The fourth-order valence-electron chi connectivity index (χ4n) is 2.87. The van der Waals surface area contributed by atoms with Crippen molar-refractivity contribution < 1.29 is 0 Å². The topological polar surface area (TPSA) is 53.9 Å². The smallest absolute Gasteiger partial charge is 0.151 e. The van der Waals surface area contributed by atoms with Crippen LogP contribution in [0.2, 0.25) is 0 Å². The lowest BCUT2D eigenvalue weighted by Gasteiger charge is -2.35. The molecular formula is C16H21N5. The molecule has 110 valence electrons. The van der Waals surface area contributed by atoms with E-state index in [1.54, 1.807) is 6.20 Å². The molecule has 0 aliphatic carbocycles. The van der Waals surface area contributed by atoms with Gasteiger partial charge in [-0.15, -0.1) is 5.10 Å². The van der Waals surface area contributed by atoms with Gasteiger partial charge in [-0.25, -0.2) is 0 Å². The maximum atomic E-state index is 4.21. The first-order valence-electron chi connectivity index (χ1n) is 7.51. The highest BCUT2D eigenvalue weighted by atomic mass is 15.3. The second-order valence-corrected chi connectivity index (χ2v) is 5.54. The Morgan fingerprint density at radius 2 is 2.19 bits per heavy atom. The number of piperidine rings is 1. The van der Waals surface area contributed by atoms with Gasteiger partial charge < -0.3 is 10.2 Å². The van der Waals surface area contributed by atoms with Gasteiger partial charge in [0.1, 0.15) is 0 Å². The highest BCUT2D eigenvalue weighted by Crippen LogP contribution is 2.19. The molecular weight excluding hydrogens is 262 g/mol. The van der Waals surface area contributed by atoms with E-state index in [1.807, 2.05) is 30.6 Å². The third-order valence-electron chi connectivity index (χ3n) is 3.97. The van der Waals surface area contributed by atoms with E-state index in [-0.39, 0.29) is 0 Å². The third-order valence-corrected chi connectivity index (χ3v) is 3.97. The predicted molar refractivity (Wildman–Crippen MR) is 83.1 cm³/mol. The van der Waals surface area contributed by atoms with Gasteiger partial charge in [-0.3, -0.25) is 4.98 Å². The summed E-state index contributed by atoms with van der Waals surface area (Å²) in [5.74, 6) is 0.970. The van der Waals surface area contributed by atoms with Crippen molar-refractivity contribution in [1.29, 1.82) is 0 Å². The molecule has 1 aliphatic rings. The van der Waals surface area contributed by atoms with E-state index in [0.29, 0.717) is 12.1 Å². The predicted octanol–water partition coefficient (Wildman–Crippen LogP) is 2.19. The van der Waals surface area contributed by atoms with E-state index in [0.717, 1.165) is 18.9 Å². The Morgan fingerprint density at radius 1 is 1.29 bits per heavy atom. The Bertz CT molecular complexity index is 543. The molecule has 0 spiro atoms. The number of anilines is 1. The van der Waals surface area contributed by atoms with Crippen LogP contribution < -0.4 is 10.2 Å². The van der Waals surface area contributed by atoms with Gasteiger partial charge in [0.25, 0.3) is 0 Å². The first-order valence-corrected chi connectivity index (χ1v) is 7.51. The van der Waals surface area contributed by atoms with Crippen LogP contribution in [0.25, 0.3) is 0 Å². The minimum Gasteiger partial charge on any atom is -0.354 e. The summed E-state index contributed by atoms with van der Waals surface area (Å²) >= 11 is 0. The quantitative estimate of drug-likeness (QED) is 0.932. The van der Waals surface area contributed by atoms with Crippen LogP contribution in [0, 0.1) is 0 Å². The lowest BCUT2D eigenvalue weighted by Crippen LogP contribution is -2.46. The molecule has 2 aromatic rings. The third kappa shape index (κ3) is 3.55. The summed E-state index contributed by atoms with van der Waals surface area (Å²) in [5.41, 5.74) is 1.23. The summed E-state index contributed by atoms with van der Waals surface area (Å²) in [4.78, 5) is 6.50. The molecule has 0 saturated carbocycles. The summed E-state index contributed by atoms with van der Waals surface area (Å²) < 4.78 is 0. The number of hydrogen-bond donors (Lipinski definition) is 1. The molecule has 2 unspecified atom stereocenters. The van der Waals surface area contributed by atoms with Gasteiger partial charge in [-0.1, -0.05) is 6.07 Å². The second-order valence-electron chi connectivity index (χ2n) is 5.54. The van der Waals surface area contributed by atoms with Crippen LogP contribution in [-0.2, 0) is 0 Å². The zero-order valence-electron chi connectivity index (χ0n) is 12.3. The molecule has 2 aromatic heterocycles.